The quantitative estimate of drug-likeness (QED) is 0.862. The van der Waals surface area contributed by atoms with E-state index in [4.69, 9.17) is 5.73 Å². The van der Waals surface area contributed by atoms with Crippen molar-refractivity contribution in [3.8, 4) is 0 Å². The van der Waals surface area contributed by atoms with Gasteiger partial charge >= 0.3 is 0 Å². The van der Waals surface area contributed by atoms with Gasteiger partial charge in [-0.15, -0.1) is 0 Å². The third-order valence-electron chi connectivity index (χ3n) is 2.13. The van der Waals surface area contributed by atoms with Crippen molar-refractivity contribution in [2.24, 2.45) is 11.7 Å². The minimum absolute atomic E-state index is 0.680. The molecule has 2 N–H and O–H groups in total. The number of rotatable bonds is 4. The predicted molar refractivity (Wildman–Crippen MR) is 60.7 cm³/mol. The summed E-state index contributed by atoms with van der Waals surface area (Å²) in [5.41, 5.74) is 6.89. The number of benzene rings is 1. The Morgan fingerprint density at radius 3 is 2.85 bits per heavy atom. The van der Waals surface area contributed by atoms with Crippen molar-refractivity contribution in [3.05, 3.63) is 34.3 Å². The zero-order valence-corrected chi connectivity index (χ0v) is 9.55. The van der Waals surface area contributed by atoms with Gasteiger partial charge in [-0.2, -0.15) is 0 Å². The number of hydrogen-bond donors (Lipinski definition) is 1. The highest BCUT2D eigenvalue weighted by Crippen LogP contribution is 2.16. The lowest BCUT2D eigenvalue weighted by atomic mass is 9.98. The molecule has 0 saturated carbocycles. The van der Waals surface area contributed by atoms with Gasteiger partial charge in [0.15, 0.2) is 0 Å². The molecular weight excluding hydrogens is 226 g/mol. The van der Waals surface area contributed by atoms with E-state index < -0.39 is 0 Å². The summed E-state index contributed by atoms with van der Waals surface area (Å²) in [6.07, 6.45) is 2.23. The van der Waals surface area contributed by atoms with Crippen LogP contribution in [0.15, 0.2) is 28.7 Å². The smallest absolute Gasteiger partial charge is 0.0177 e. The molecule has 0 radical (unpaired) electrons. The SMILES string of the molecule is CC(CCN)Cc1cccc(Br)c1. The Kier molecular flexibility index (Phi) is 4.46. The molecule has 0 bridgehead atoms. The molecule has 1 nitrogen and oxygen atoms in total. The lowest BCUT2D eigenvalue weighted by molar-refractivity contribution is 0.538. The molecule has 0 aliphatic carbocycles. The van der Waals surface area contributed by atoms with E-state index in [9.17, 15) is 0 Å². The van der Waals surface area contributed by atoms with Gasteiger partial charge in [0.05, 0.1) is 0 Å². The van der Waals surface area contributed by atoms with Crippen LogP contribution in [-0.2, 0) is 6.42 Å². The topological polar surface area (TPSA) is 26.0 Å². The summed E-state index contributed by atoms with van der Waals surface area (Å²) in [7, 11) is 0. The Bertz CT molecular complexity index is 260. The third-order valence-corrected chi connectivity index (χ3v) is 2.63. The largest absolute Gasteiger partial charge is 0.330 e. The Balaban J connectivity index is 2.53. The minimum atomic E-state index is 0.680. The fourth-order valence-electron chi connectivity index (χ4n) is 1.45. The van der Waals surface area contributed by atoms with Crippen LogP contribution in [0.5, 0.6) is 0 Å². The van der Waals surface area contributed by atoms with Crippen molar-refractivity contribution < 1.29 is 0 Å². The van der Waals surface area contributed by atoms with E-state index in [2.05, 4.69) is 47.1 Å². The summed E-state index contributed by atoms with van der Waals surface area (Å²) >= 11 is 3.47. The van der Waals surface area contributed by atoms with Crippen LogP contribution in [0, 0.1) is 5.92 Å². The molecular formula is C11H16BrN. The first-order valence-electron chi connectivity index (χ1n) is 4.67. The minimum Gasteiger partial charge on any atom is -0.330 e. The molecule has 1 aromatic rings. The van der Waals surface area contributed by atoms with Crippen molar-refractivity contribution in [2.75, 3.05) is 6.54 Å². The van der Waals surface area contributed by atoms with Crippen LogP contribution in [-0.4, -0.2) is 6.54 Å². The van der Waals surface area contributed by atoms with E-state index in [1.54, 1.807) is 0 Å². The van der Waals surface area contributed by atoms with E-state index in [0.29, 0.717) is 5.92 Å². The average molecular weight is 242 g/mol. The van der Waals surface area contributed by atoms with Gasteiger partial charge in [-0.05, 0) is 43.0 Å². The van der Waals surface area contributed by atoms with Crippen LogP contribution in [0.3, 0.4) is 0 Å². The van der Waals surface area contributed by atoms with Crippen LogP contribution >= 0.6 is 15.9 Å². The van der Waals surface area contributed by atoms with Gasteiger partial charge in [-0.25, -0.2) is 0 Å². The maximum atomic E-state index is 5.50. The summed E-state index contributed by atoms with van der Waals surface area (Å²) in [5, 5.41) is 0. The highest BCUT2D eigenvalue weighted by molar-refractivity contribution is 9.10. The standard InChI is InChI=1S/C11H16BrN/c1-9(5-6-13)7-10-3-2-4-11(12)8-10/h2-4,8-9H,5-7,13H2,1H3. The normalized spacial score (nSPS) is 12.8. The molecule has 0 amide bonds. The van der Waals surface area contributed by atoms with Gasteiger partial charge in [-0.3, -0.25) is 0 Å². The molecule has 72 valence electrons. The second-order valence-corrected chi connectivity index (χ2v) is 4.43. The summed E-state index contributed by atoms with van der Waals surface area (Å²) in [5.74, 6) is 0.680. The van der Waals surface area contributed by atoms with Crippen molar-refractivity contribution in [1.29, 1.82) is 0 Å². The molecule has 1 unspecified atom stereocenters. The molecule has 1 atom stereocenters. The van der Waals surface area contributed by atoms with Crippen LogP contribution in [0.4, 0.5) is 0 Å². The molecule has 1 rings (SSSR count). The monoisotopic (exact) mass is 241 g/mol. The molecule has 0 saturated heterocycles. The Hall–Kier alpha value is -0.340. The lowest BCUT2D eigenvalue weighted by Crippen LogP contribution is -2.07. The maximum absolute atomic E-state index is 5.50. The lowest BCUT2D eigenvalue weighted by Gasteiger charge is -2.09. The Morgan fingerprint density at radius 1 is 1.46 bits per heavy atom. The maximum Gasteiger partial charge on any atom is 0.0177 e. The van der Waals surface area contributed by atoms with Crippen molar-refractivity contribution in [3.63, 3.8) is 0 Å². The van der Waals surface area contributed by atoms with E-state index in [0.717, 1.165) is 23.9 Å². The first-order valence-corrected chi connectivity index (χ1v) is 5.46. The molecule has 0 aromatic heterocycles. The van der Waals surface area contributed by atoms with E-state index >= 15 is 0 Å². The zero-order valence-electron chi connectivity index (χ0n) is 7.96. The van der Waals surface area contributed by atoms with E-state index in [1.165, 1.54) is 5.56 Å². The van der Waals surface area contributed by atoms with Gasteiger partial charge in [0.25, 0.3) is 0 Å². The van der Waals surface area contributed by atoms with Crippen LogP contribution < -0.4 is 5.73 Å². The Labute approximate surface area is 88.5 Å². The molecule has 0 fully saturated rings. The summed E-state index contributed by atoms with van der Waals surface area (Å²) in [6.45, 7) is 3.03. The Morgan fingerprint density at radius 2 is 2.23 bits per heavy atom. The highest BCUT2D eigenvalue weighted by Gasteiger charge is 2.02. The molecule has 0 aliphatic rings. The molecule has 0 heterocycles. The van der Waals surface area contributed by atoms with Crippen LogP contribution in [0.25, 0.3) is 0 Å². The average Bonchev–Trinajstić information content (AvgIpc) is 2.04. The fraction of sp³-hybridized carbons (Fsp3) is 0.455. The van der Waals surface area contributed by atoms with Crippen LogP contribution in [0.1, 0.15) is 18.9 Å². The molecule has 1 aromatic carbocycles. The predicted octanol–water partition coefficient (Wildman–Crippen LogP) is 2.98. The summed E-state index contributed by atoms with van der Waals surface area (Å²) in [6, 6.07) is 8.47. The van der Waals surface area contributed by atoms with Crippen LogP contribution in [0.2, 0.25) is 0 Å². The highest BCUT2D eigenvalue weighted by atomic mass is 79.9. The first kappa shape index (κ1) is 10.7. The number of hydrogen-bond acceptors (Lipinski definition) is 1. The summed E-state index contributed by atoms with van der Waals surface area (Å²) < 4.78 is 1.16. The van der Waals surface area contributed by atoms with Crippen molar-refractivity contribution >= 4 is 15.9 Å². The first-order chi connectivity index (χ1) is 6.22. The van der Waals surface area contributed by atoms with Gasteiger partial charge in [0.2, 0.25) is 0 Å². The second kappa shape index (κ2) is 5.40. The van der Waals surface area contributed by atoms with E-state index in [-0.39, 0.29) is 0 Å². The second-order valence-electron chi connectivity index (χ2n) is 3.52. The van der Waals surface area contributed by atoms with Crippen molar-refractivity contribution in [2.45, 2.75) is 19.8 Å². The molecule has 0 spiro atoms. The van der Waals surface area contributed by atoms with Gasteiger partial charge < -0.3 is 5.73 Å². The van der Waals surface area contributed by atoms with Gasteiger partial charge in [-0.1, -0.05) is 35.0 Å². The third kappa shape index (κ3) is 3.92. The number of halogens is 1. The number of nitrogens with two attached hydrogens (primary N) is 1. The van der Waals surface area contributed by atoms with Gasteiger partial charge in [0.1, 0.15) is 0 Å². The fourth-order valence-corrected chi connectivity index (χ4v) is 1.90. The molecule has 0 aliphatic heterocycles. The van der Waals surface area contributed by atoms with Crippen molar-refractivity contribution in [1.82, 2.24) is 0 Å². The van der Waals surface area contributed by atoms with E-state index in [1.807, 2.05) is 0 Å². The molecule has 2 heteroatoms. The van der Waals surface area contributed by atoms with Gasteiger partial charge in [0, 0.05) is 4.47 Å². The zero-order chi connectivity index (χ0) is 9.68. The molecule has 13 heavy (non-hydrogen) atoms. The summed E-state index contributed by atoms with van der Waals surface area (Å²) in [4.78, 5) is 0.